The van der Waals surface area contributed by atoms with Gasteiger partial charge in [-0.2, -0.15) is 0 Å². The molecule has 0 saturated carbocycles. The number of benzene rings is 1. The minimum absolute atomic E-state index is 0.162. The number of pyridine rings is 1. The third kappa shape index (κ3) is 4.95. The maximum atomic E-state index is 12.3. The maximum absolute atomic E-state index is 12.3. The summed E-state index contributed by atoms with van der Waals surface area (Å²) in [4.78, 5) is 28.4. The molecular formula is C19H20N6O2S. The summed E-state index contributed by atoms with van der Waals surface area (Å²) in [6.07, 6.45) is 1.61. The van der Waals surface area contributed by atoms with E-state index in [2.05, 4.69) is 25.8 Å². The van der Waals surface area contributed by atoms with E-state index in [4.69, 9.17) is 0 Å². The third-order valence-corrected chi connectivity index (χ3v) is 5.01. The van der Waals surface area contributed by atoms with E-state index in [-0.39, 0.29) is 24.1 Å². The number of aromatic nitrogens is 4. The number of nitrogens with zero attached hydrogens (tertiary/aromatic N) is 4. The average Bonchev–Trinajstić information content (AvgIpc) is 3.05. The lowest BCUT2D eigenvalue weighted by molar-refractivity contribution is -0.113. The average molecular weight is 396 g/mol. The van der Waals surface area contributed by atoms with E-state index in [0.29, 0.717) is 22.4 Å². The SMILES string of the molecule is Cc1ccccc1C(=O)NCc1nnc(SCC(=O)Nc2ccccn2)n1C. The van der Waals surface area contributed by atoms with E-state index < -0.39 is 0 Å². The quantitative estimate of drug-likeness (QED) is 0.594. The molecule has 144 valence electrons. The van der Waals surface area contributed by atoms with Crippen LogP contribution in [0.5, 0.6) is 0 Å². The van der Waals surface area contributed by atoms with Gasteiger partial charge in [0.15, 0.2) is 11.0 Å². The van der Waals surface area contributed by atoms with E-state index in [0.717, 1.165) is 5.56 Å². The Bertz CT molecular complexity index is 974. The van der Waals surface area contributed by atoms with E-state index in [1.165, 1.54) is 11.8 Å². The van der Waals surface area contributed by atoms with Crippen LogP contribution in [0.15, 0.2) is 53.8 Å². The second-order valence-electron chi connectivity index (χ2n) is 6.01. The molecule has 0 aliphatic heterocycles. The van der Waals surface area contributed by atoms with Crippen molar-refractivity contribution >= 4 is 29.4 Å². The molecule has 28 heavy (non-hydrogen) atoms. The molecule has 8 nitrogen and oxygen atoms in total. The summed E-state index contributed by atoms with van der Waals surface area (Å²) in [7, 11) is 1.80. The van der Waals surface area contributed by atoms with E-state index >= 15 is 0 Å². The van der Waals surface area contributed by atoms with Gasteiger partial charge in [0.2, 0.25) is 5.91 Å². The lowest BCUT2D eigenvalue weighted by Crippen LogP contribution is -2.25. The zero-order valence-electron chi connectivity index (χ0n) is 15.5. The van der Waals surface area contributed by atoms with Crippen LogP contribution in [0.2, 0.25) is 0 Å². The number of thioether (sulfide) groups is 1. The van der Waals surface area contributed by atoms with Crippen molar-refractivity contribution in [2.45, 2.75) is 18.6 Å². The molecule has 3 rings (SSSR count). The van der Waals surface area contributed by atoms with Crippen molar-refractivity contribution in [2.75, 3.05) is 11.1 Å². The predicted molar refractivity (Wildman–Crippen MR) is 107 cm³/mol. The maximum Gasteiger partial charge on any atom is 0.251 e. The third-order valence-electron chi connectivity index (χ3n) is 3.99. The number of aryl methyl sites for hydroxylation is 1. The Morgan fingerprint density at radius 1 is 1.11 bits per heavy atom. The fraction of sp³-hybridized carbons (Fsp3) is 0.211. The topological polar surface area (TPSA) is 102 Å². The Labute approximate surface area is 166 Å². The molecule has 9 heteroatoms. The molecular weight excluding hydrogens is 376 g/mol. The Kier molecular flexibility index (Phi) is 6.38. The normalized spacial score (nSPS) is 10.5. The highest BCUT2D eigenvalue weighted by atomic mass is 32.2. The first-order valence-electron chi connectivity index (χ1n) is 8.60. The fourth-order valence-electron chi connectivity index (χ4n) is 2.45. The molecule has 0 bridgehead atoms. The van der Waals surface area contributed by atoms with E-state index in [1.807, 2.05) is 25.1 Å². The van der Waals surface area contributed by atoms with Gasteiger partial charge in [-0.15, -0.1) is 10.2 Å². The summed E-state index contributed by atoms with van der Waals surface area (Å²) in [6.45, 7) is 2.14. The first-order chi connectivity index (χ1) is 13.5. The number of carbonyl (C=O) groups excluding carboxylic acids is 2. The number of anilines is 1. The number of carbonyl (C=O) groups is 2. The van der Waals surface area contributed by atoms with Gasteiger partial charge in [-0.1, -0.05) is 36.0 Å². The summed E-state index contributed by atoms with van der Waals surface area (Å²) < 4.78 is 1.76. The number of hydrogen-bond acceptors (Lipinski definition) is 6. The van der Waals surface area contributed by atoms with Crippen LogP contribution < -0.4 is 10.6 Å². The summed E-state index contributed by atoms with van der Waals surface area (Å²) in [6, 6.07) is 12.7. The molecule has 2 heterocycles. The molecule has 0 atom stereocenters. The predicted octanol–water partition coefficient (Wildman–Crippen LogP) is 2.18. The van der Waals surface area contributed by atoms with Crippen LogP contribution in [0.4, 0.5) is 5.82 Å². The molecule has 2 amide bonds. The van der Waals surface area contributed by atoms with Crippen molar-refractivity contribution in [2.24, 2.45) is 7.05 Å². The zero-order chi connectivity index (χ0) is 19.9. The molecule has 0 aliphatic carbocycles. The Morgan fingerprint density at radius 2 is 1.89 bits per heavy atom. The standard InChI is InChI=1S/C19H20N6O2S/c1-13-7-3-4-8-14(13)18(27)21-11-16-23-24-19(25(16)2)28-12-17(26)22-15-9-5-6-10-20-15/h3-10H,11-12H2,1-2H3,(H,21,27)(H,20,22,26). The zero-order valence-corrected chi connectivity index (χ0v) is 16.4. The molecule has 0 unspecified atom stereocenters. The molecule has 0 radical (unpaired) electrons. The number of rotatable bonds is 7. The Morgan fingerprint density at radius 3 is 2.64 bits per heavy atom. The summed E-state index contributed by atoms with van der Waals surface area (Å²) in [5.74, 6) is 0.948. The second kappa shape index (κ2) is 9.14. The molecule has 0 saturated heterocycles. The van der Waals surface area contributed by atoms with Gasteiger partial charge in [-0.3, -0.25) is 9.59 Å². The first-order valence-corrected chi connectivity index (χ1v) is 9.59. The molecule has 3 aromatic rings. The van der Waals surface area contributed by atoms with Crippen LogP contribution in [0.3, 0.4) is 0 Å². The van der Waals surface area contributed by atoms with Crippen molar-refractivity contribution in [3.05, 3.63) is 65.6 Å². The van der Waals surface area contributed by atoms with Crippen molar-refractivity contribution in [3.8, 4) is 0 Å². The van der Waals surface area contributed by atoms with Gasteiger partial charge in [-0.25, -0.2) is 4.98 Å². The summed E-state index contributed by atoms with van der Waals surface area (Å²) in [5.41, 5.74) is 1.54. The van der Waals surface area contributed by atoms with Crippen LogP contribution in [0.1, 0.15) is 21.7 Å². The highest BCUT2D eigenvalue weighted by molar-refractivity contribution is 7.99. The second-order valence-corrected chi connectivity index (χ2v) is 6.95. The first kappa shape index (κ1) is 19.6. The number of nitrogens with one attached hydrogen (secondary N) is 2. The number of hydrogen-bond donors (Lipinski definition) is 2. The lowest BCUT2D eigenvalue weighted by Gasteiger charge is -2.08. The smallest absolute Gasteiger partial charge is 0.251 e. The van der Waals surface area contributed by atoms with Gasteiger partial charge in [0.1, 0.15) is 5.82 Å². The van der Waals surface area contributed by atoms with Crippen LogP contribution in [0, 0.1) is 6.92 Å². The van der Waals surface area contributed by atoms with Crippen LogP contribution in [-0.4, -0.2) is 37.3 Å². The van der Waals surface area contributed by atoms with Crippen LogP contribution >= 0.6 is 11.8 Å². The van der Waals surface area contributed by atoms with Crippen molar-refractivity contribution in [1.29, 1.82) is 0 Å². The van der Waals surface area contributed by atoms with E-state index in [1.54, 1.807) is 42.1 Å². The van der Waals surface area contributed by atoms with Gasteiger partial charge in [0.05, 0.1) is 12.3 Å². The van der Waals surface area contributed by atoms with Crippen molar-refractivity contribution in [1.82, 2.24) is 25.1 Å². The fourth-order valence-corrected chi connectivity index (χ4v) is 3.18. The van der Waals surface area contributed by atoms with E-state index in [9.17, 15) is 9.59 Å². The van der Waals surface area contributed by atoms with Crippen LogP contribution in [-0.2, 0) is 18.4 Å². The highest BCUT2D eigenvalue weighted by Crippen LogP contribution is 2.16. The Hall–Kier alpha value is -3.20. The highest BCUT2D eigenvalue weighted by Gasteiger charge is 2.14. The molecule has 1 aromatic carbocycles. The van der Waals surface area contributed by atoms with Crippen molar-refractivity contribution < 1.29 is 9.59 Å². The van der Waals surface area contributed by atoms with Crippen LogP contribution in [0.25, 0.3) is 0 Å². The molecule has 0 fully saturated rings. The van der Waals surface area contributed by atoms with Gasteiger partial charge in [-0.05, 0) is 30.7 Å². The molecule has 0 spiro atoms. The minimum Gasteiger partial charge on any atom is -0.345 e. The van der Waals surface area contributed by atoms with Gasteiger partial charge < -0.3 is 15.2 Å². The Balaban J connectivity index is 1.53. The molecule has 0 aliphatic rings. The van der Waals surface area contributed by atoms with Gasteiger partial charge in [0.25, 0.3) is 5.91 Å². The van der Waals surface area contributed by atoms with Gasteiger partial charge in [0, 0.05) is 18.8 Å². The monoisotopic (exact) mass is 396 g/mol. The van der Waals surface area contributed by atoms with Crippen molar-refractivity contribution in [3.63, 3.8) is 0 Å². The largest absolute Gasteiger partial charge is 0.345 e. The van der Waals surface area contributed by atoms with Gasteiger partial charge >= 0.3 is 0 Å². The molecule has 2 aromatic heterocycles. The molecule has 2 N–H and O–H groups in total. The minimum atomic E-state index is -0.180. The lowest BCUT2D eigenvalue weighted by atomic mass is 10.1. The number of amides is 2. The summed E-state index contributed by atoms with van der Waals surface area (Å²) in [5, 5.41) is 14.4. The summed E-state index contributed by atoms with van der Waals surface area (Å²) >= 11 is 1.27.